The van der Waals surface area contributed by atoms with Gasteiger partial charge in [0, 0.05) is 19.8 Å². The SMILES string of the molecule is CNCc1ccc(F)c(S(=O)(=O)NCc2ccnn2C)c1. The van der Waals surface area contributed by atoms with Crippen LogP contribution in [0.1, 0.15) is 11.3 Å². The molecule has 0 aliphatic carbocycles. The second-order valence-corrected chi connectivity index (χ2v) is 6.30. The van der Waals surface area contributed by atoms with Crippen molar-refractivity contribution < 1.29 is 12.8 Å². The van der Waals surface area contributed by atoms with Gasteiger partial charge in [0.1, 0.15) is 10.7 Å². The van der Waals surface area contributed by atoms with Gasteiger partial charge in [-0.2, -0.15) is 5.10 Å². The Morgan fingerprint density at radius 3 is 2.67 bits per heavy atom. The van der Waals surface area contributed by atoms with Gasteiger partial charge in [0.2, 0.25) is 10.0 Å². The first-order chi connectivity index (χ1) is 9.94. The molecule has 6 nitrogen and oxygen atoms in total. The maximum absolute atomic E-state index is 13.8. The second kappa shape index (κ2) is 6.33. The van der Waals surface area contributed by atoms with Gasteiger partial charge in [0.05, 0.1) is 12.2 Å². The molecular weight excluding hydrogens is 295 g/mol. The van der Waals surface area contributed by atoms with Gasteiger partial charge in [-0.05, 0) is 30.8 Å². The van der Waals surface area contributed by atoms with Crippen LogP contribution >= 0.6 is 0 Å². The van der Waals surface area contributed by atoms with Crippen LogP contribution in [0.25, 0.3) is 0 Å². The van der Waals surface area contributed by atoms with Gasteiger partial charge in [-0.25, -0.2) is 17.5 Å². The van der Waals surface area contributed by atoms with E-state index in [9.17, 15) is 12.8 Å². The zero-order valence-electron chi connectivity index (χ0n) is 11.8. The number of aromatic nitrogens is 2. The molecule has 0 spiro atoms. The number of halogens is 1. The van der Waals surface area contributed by atoms with Gasteiger partial charge >= 0.3 is 0 Å². The smallest absolute Gasteiger partial charge is 0.243 e. The number of rotatable bonds is 6. The Morgan fingerprint density at radius 1 is 1.29 bits per heavy atom. The third-order valence-corrected chi connectivity index (χ3v) is 4.45. The maximum atomic E-state index is 13.8. The molecule has 0 saturated carbocycles. The molecule has 2 aromatic rings. The number of nitrogens with zero attached hydrogens (tertiary/aromatic N) is 2. The zero-order chi connectivity index (χ0) is 15.5. The van der Waals surface area contributed by atoms with E-state index in [1.807, 2.05) is 0 Å². The third kappa shape index (κ3) is 3.66. The van der Waals surface area contributed by atoms with Crippen LogP contribution in [0.5, 0.6) is 0 Å². The van der Waals surface area contributed by atoms with E-state index in [1.54, 1.807) is 37.1 Å². The molecule has 2 N–H and O–H groups in total. The highest BCUT2D eigenvalue weighted by atomic mass is 32.2. The van der Waals surface area contributed by atoms with Gasteiger partial charge in [-0.1, -0.05) is 6.07 Å². The Balaban J connectivity index is 2.22. The van der Waals surface area contributed by atoms with Crippen molar-refractivity contribution in [3.8, 4) is 0 Å². The molecule has 0 saturated heterocycles. The Labute approximate surface area is 123 Å². The van der Waals surface area contributed by atoms with E-state index in [2.05, 4.69) is 15.1 Å². The standard InChI is InChI=1S/C13H17FN4O2S/c1-15-8-10-3-4-12(14)13(7-10)21(19,20)17-9-11-5-6-16-18(11)2/h3-7,15,17H,8-9H2,1-2H3. The predicted octanol–water partition coefficient (Wildman–Crippen LogP) is 0.757. The largest absolute Gasteiger partial charge is 0.316 e. The monoisotopic (exact) mass is 312 g/mol. The summed E-state index contributed by atoms with van der Waals surface area (Å²) in [6.07, 6.45) is 1.57. The third-order valence-electron chi connectivity index (χ3n) is 3.03. The second-order valence-electron chi connectivity index (χ2n) is 4.57. The summed E-state index contributed by atoms with van der Waals surface area (Å²) in [6, 6.07) is 5.73. The first-order valence-electron chi connectivity index (χ1n) is 6.33. The molecule has 0 atom stereocenters. The number of hydrogen-bond donors (Lipinski definition) is 2. The van der Waals surface area contributed by atoms with Crippen LogP contribution in [0.2, 0.25) is 0 Å². The summed E-state index contributed by atoms with van der Waals surface area (Å²) < 4.78 is 42.2. The molecule has 0 radical (unpaired) electrons. The van der Waals surface area contributed by atoms with E-state index in [4.69, 9.17) is 0 Å². The molecule has 1 aromatic carbocycles. The molecule has 0 unspecified atom stereocenters. The number of sulfonamides is 1. The molecule has 2 rings (SSSR count). The van der Waals surface area contributed by atoms with E-state index in [0.29, 0.717) is 17.8 Å². The quantitative estimate of drug-likeness (QED) is 0.825. The highest BCUT2D eigenvalue weighted by Crippen LogP contribution is 2.16. The van der Waals surface area contributed by atoms with E-state index in [1.165, 1.54) is 6.07 Å². The summed E-state index contributed by atoms with van der Waals surface area (Å²) in [5.74, 6) is -0.771. The number of nitrogens with one attached hydrogen (secondary N) is 2. The van der Waals surface area contributed by atoms with E-state index < -0.39 is 15.8 Å². The number of benzene rings is 1. The van der Waals surface area contributed by atoms with Gasteiger partial charge in [-0.15, -0.1) is 0 Å². The van der Waals surface area contributed by atoms with Crippen molar-refractivity contribution >= 4 is 10.0 Å². The molecule has 0 aliphatic heterocycles. The Kier molecular flexibility index (Phi) is 4.71. The van der Waals surface area contributed by atoms with Crippen LogP contribution in [-0.4, -0.2) is 25.2 Å². The van der Waals surface area contributed by atoms with E-state index >= 15 is 0 Å². The zero-order valence-corrected chi connectivity index (χ0v) is 12.6. The number of hydrogen-bond acceptors (Lipinski definition) is 4. The van der Waals surface area contributed by atoms with Crippen LogP contribution in [0.15, 0.2) is 35.4 Å². The topological polar surface area (TPSA) is 76.0 Å². The van der Waals surface area contributed by atoms with Gasteiger partial charge < -0.3 is 5.32 Å². The summed E-state index contributed by atoms with van der Waals surface area (Å²) in [5, 5.41) is 6.84. The molecule has 0 fully saturated rings. The lowest BCUT2D eigenvalue weighted by atomic mass is 10.2. The first-order valence-corrected chi connectivity index (χ1v) is 7.82. The lowest BCUT2D eigenvalue weighted by molar-refractivity contribution is 0.553. The minimum Gasteiger partial charge on any atom is -0.316 e. The molecule has 0 amide bonds. The lowest BCUT2D eigenvalue weighted by Crippen LogP contribution is -2.25. The molecule has 0 bridgehead atoms. The maximum Gasteiger partial charge on any atom is 0.243 e. The van der Waals surface area contributed by atoms with Crippen molar-refractivity contribution in [1.82, 2.24) is 19.8 Å². The fraction of sp³-hybridized carbons (Fsp3) is 0.308. The van der Waals surface area contributed by atoms with Crippen LogP contribution in [-0.2, 0) is 30.2 Å². The normalized spacial score (nSPS) is 11.8. The Hall–Kier alpha value is -1.77. The van der Waals surface area contributed by atoms with Crippen molar-refractivity contribution in [3.05, 3.63) is 47.5 Å². The van der Waals surface area contributed by atoms with Crippen LogP contribution in [0.4, 0.5) is 4.39 Å². The molecule has 114 valence electrons. The van der Waals surface area contributed by atoms with Gasteiger partial charge in [-0.3, -0.25) is 4.68 Å². The van der Waals surface area contributed by atoms with Gasteiger partial charge in [0.15, 0.2) is 0 Å². The molecular formula is C13H17FN4O2S. The van der Waals surface area contributed by atoms with Crippen molar-refractivity contribution in [1.29, 1.82) is 0 Å². The van der Waals surface area contributed by atoms with Crippen molar-refractivity contribution in [3.63, 3.8) is 0 Å². The summed E-state index contributed by atoms with van der Waals surface area (Å²) in [6.45, 7) is 0.513. The Morgan fingerprint density at radius 2 is 2.05 bits per heavy atom. The van der Waals surface area contributed by atoms with Crippen LogP contribution in [0, 0.1) is 5.82 Å². The van der Waals surface area contributed by atoms with Crippen molar-refractivity contribution in [2.45, 2.75) is 18.0 Å². The molecule has 21 heavy (non-hydrogen) atoms. The average molecular weight is 312 g/mol. The minimum atomic E-state index is -3.92. The van der Waals surface area contributed by atoms with Crippen molar-refractivity contribution in [2.75, 3.05) is 7.05 Å². The van der Waals surface area contributed by atoms with Crippen LogP contribution in [0.3, 0.4) is 0 Å². The molecule has 1 heterocycles. The number of aryl methyl sites for hydroxylation is 1. The van der Waals surface area contributed by atoms with E-state index in [0.717, 1.165) is 6.07 Å². The molecule has 8 heteroatoms. The molecule has 0 aliphatic rings. The summed E-state index contributed by atoms with van der Waals surface area (Å²) >= 11 is 0. The van der Waals surface area contributed by atoms with Crippen LogP contribution < -0.4 is 10.0 Å². The lowest BCUT2D eigenvalue weighted by Gasteiger charge is -2.09. The van der Waals surface area contributed by atoms with E-state index in [-0.39, 0.29) is 11.4 Å². The summed E-state index contributed by atoms with van der Waals surface area (Å²) in [7, 11) is -0.478. The summed E-state index contributed by atoms with van der Waals surface area (Å²) in [4.78, 5) is -0.350. The highest BCUT2D eigenvalue weighted by molar-refractivity contribution is 7.89. The fourth-order valence-corrected chi connectivity index (χ4v) is 3.01. The average Bonchev–Trinajstić information content (AvgIpc) is 2.84. The summed E-state index contributed by atoms with van der Waals surface area (Å²) in [5.41, 5.74) is 1.38. The fourth-order valence-electron chi connectivity index (χ4n) is 1.89. The first kappa shape index (κ1) is 15.6. The highest BCUT2D eigenvalue weighted by Gasteiger charge is 2.19. The molecule has 1 aromatic heterocycles. The predicted molar refractivity (Wildman–Crippen MR) is 76.4 cm³/mol. The van der Waals surface area contributed by atoms with Crippen molar-refractivity contribution in [2.24, 2.45) is 7.05 Å². The van der Waals surface area contributed by atoms with Gasteiger partial charge in [0.25, 0.3) is 0 Å². The minimum absolute atomic E-state index is 0.0501. The Bertz CT molecular complexity index is 728.